The molecule has 1 heterocycles. The van der Waals surface area contributed by atoms with Crippen molar-refractivity contribution in [3.63, 3.8) is 0 Å². The van der Waals surface area contributed by atoms with E-state index in [9.17, 15) is 0 Å². The molecule has 0 atom stereocenters. The molecule has 0 aromatic heterocycles. The van der Waals surface area contributed by atoms with Gasteiger partial charge in [-0.3, -0.25) is 0 Å². The molecule has 0 saturated carbocycles. The van der Waals surface area contributed by atoms with Gasteiger partial charge in [-0.05, 0) is 36.1 Å². The van der Waals surface area contributed by atoms with E-state index in [2.05, 4.69) is 15.9 Å². The Hall–Kier alpha value is -1.13. The van der Waals surface area contributed by atoms with Crippen LogP contribution in [0.15, 0.2) is 48.5 Å². The number of benzene rings is 2. The van der Waals surface area contributed by atoms with Crippen LogP contribution in [0, 0.1) is 0 Å². The van der Waals surface area contributed by atoms with Crippen molar-refractivity contribution in [1.82, 2.24) is 4.41 Å². The molecule has 0 amide bonds. The molecule has 0 bridgehead atoms. The average Bonchev–Trinajstić information content (AvgIpc) is 2.67. The normalized spacial score (nSPS) is 14.9. The van der Waals surface area contributed by atoms with Crippen LogP contribution in [0.3, 0.4) is 0 Å². The maximum Gasteiger partial charge on any atom is 0.0578 e. The second kappa shape index (κ2) is 6.32. The van der Waals surface area contributed by atoms with Crippen LogP contribution >= 0.6 is 35.1 Å². The summed E-state index contributed by atoms with van der Waals surface area (Å²) in [6.45, 7) is 0.772. The zero-order valence-corrected chi connectivity index (χ0v) is 13.8. The lowest BCUT2D eigenvalue weighted by Crippen LogP contribution is -2.21. The van der Waals surface area contributed by atoms with Crippen LogP contribution in [0.5, 0.6) is 0 Å². The molecule has 2 aromatic carbocycles. The highest BCUT2D eigenvalue weighted by Gasteiger charge is 2.18. The van der Waals surface area contributed by atoms with Gasteiger partial charge in [-0.2, -0.15) is 4.41 Å². The minimum Gasteiger partial charge on any atom is -0.308 e. The Morgan fingerprint density at radius 1 is 1.10 bits per heavy atom. The van der Waals surface area contributed by atoms with Crippen molar-refractivity contribution in [3.8, 4) is 0 Å². The number of nitrogens with zero attached hydrogens (tertiary/aromatic N) is 1. The van der Waals surface area contributed by atoms with E-state index in [-0.39, 0.29) is 0 Å². The number of hydrogen-bond acceptors (Lipinski definition) is 3. The van der Waals surface area contributed by atoms with Crippen molar-refractivity contribution in [2.45, 2.75) is 0 Å². The molecule has 108 valence electrons. The lowest BCUT2D eigenvalue weighted by Gasteiger charge is -2.19. The Labute approximate surface area is 138 Å². The van der Waals surface area contributed by atoms with Crippen LogP contribution in [-0.4, -0.2) is 17.2 Å². The van der Waals surface area contributed by atoms with Gasteiger partial charge in [0.05, 0.1) is 5.69 Å². The molecular formula is C16H14Cl2N2S. The molecule has 2 nitrogen and oxygen atoms in total. The Kier molecular flexibility index (Phi) is 4.45. The first kappa shape index (κ1) is 14.8. The first-order chi connectivity index (χ1) is 10.2. The summed E-state index contributed by atoms with van der Waals surface area (Å²) in [6.07, 6.45) is 4.21. The van der Waals surface area contributed by atoms with Gasteiger partial charge in [0.2, 0.25) is 0 Å². The highest BCUT2D eigenvalue weighted by molar-refractivity contribution is 7.96. The molecule has 21 heavy (non-hydrogen) atoms. The molecule has 1 aliphatic heterocycles. The molecule has 5 heteroatoms. The highest BCUT2D eigenvalue weighted by atomic mass is 35.5. The molecule has 0 radical (unpaired) electrons. The third-order valence-electron chi connectivity index (χ3n) is 3.36. The van der Waals surface area contributed by atoms with Crippen LogP contribution in [0.25, 0.3) is 5.57 Å². The Morgan fingerprint density at radius 2 is 1.90 bits per heavy atom. The molecule has 0 spiro atoms. The number of halogens is 2. The molecule has 0 unspecified atom stereocenters. The van der Waals surface area contributed by atoms with Gasteiger partial charge in [-0.15, -0.1) is 0 Å². The predicted octanol–water partition coefficient (Wildman–Crippen LogP) is 5.35. The zero-order valence-electron chi connectivity index (χ0n) is 11.4. The van der Waals surface area contributed by atoms with Crippen LogP contribution < -0.4 is 5.43 Å². The van der Waals surface area contributed by atoms with Crippen molar-refractivity contribution in [2.75, 3.05) is 18.2 Å². The van der Waals surface area contributed by atoms with E-state index in [1.165, 1.54) is 0 Å². The molecule has 0 aliphatic carbocycles. The fourth-order valence-corrected chi connectivity index (χ4v) is 3.18. The van der Waals surface area contributed by atoms with Gasteiger partial charge in [0, 0.05) is 27.7 Å². The lowest BCUT2D eigenvalue weighted by molar-refractivity contribution is 0.628. The van der Waals surface area contributed by atoms with Crippen LogP contribution in [-0.2, 0) is 0 Å². The van der Waals surface area contributed by atoms with E-state index in [1.54, 1.807) is 11.9 Å². The van der Waals surface area contributed by atoms with Crippen molar-refractivity contribution < 1.29 is 0 Å². The first-order valence-corrected chi connectivity index (χ1v) is 8.46. The summed E-state index contributed by atoms with van der Waals surface area (Å²) in [6, 6.07) is 13.7. The second-order valence-electron chi connectivity index (χ2n) is 4.64. The third kappa shape index (κ3) is 3.06. The average molecular weight is 337 g/mol. The van der Waals surface area contributed by atoms with Crippen LogP contribution in [0.1, 0.15) is 11.1 Å². The Bertz CT molecular complexity index is 700. The first-order valence-electron chi connectivity index (χ1n) is 6.52. The third-order valence-corrected chi connectivity index (χ3v) is 4.61. The van der Waals surface area contributed by atoms with Gasteiger partial charge < -0.3 is 5.43 Å². The molecule has 3 rings (SSSR count). The summed E-state index contributed by atoms with van der Waals surface area (Å²) in [5, 5.41) is 1.46. The number of anilines is 1. The summed E-state index contributed by atoms with van der Waals surface area (Å²) in [5.41, 5.74) is 7.61. The van der Waals surface area contributed by atoms with Crippen molar-refractivity contribution in [2.24, 2.45) is 0 Å². The number of nitrogens with one attached hydrogen (secondary N) is 1. The standard InChI is InChI=1S/C16H14Cl2N2S/c1-21-20-9-8-12(13-4-2-3-5-15(13)18)14-10-11(17)6-7-16(14)19-20/h2-8,10,19H,9H2,1H3. The van der Waals surface area contributed by atoms with Gasteiger partial charge in [0.25, 0.3) is 0 Å². The van der Waals surface area contributed by atoms with E-state index >= 15 is 0 Å². The summed E-state index contributed by atoms with van der Waals surface area (Å²) >= 11 is 14.2. The van der Waals surface area contributed by atoms with Crippen molar-refractivity contribution in [1.29, 1.82) is 0 Å². The summed E-state index contributed by atoms with van der Waals surface area (Å²) < 4.78 is 2.07. The number of hydrazine groups is 1. The summed E-state index contributed by atoms with van der Waals surface area (Å²) in [7, 11) is 0. The summed E-state index contributed by atoms with van der Waals surface area (Å²) in [5.74, 6) is 0. The van der Waals surface area contributed by atoms with Gasteiger partial charge >= 0.3 is 0 Å². The Balaban J connectivity index is 2.18. The van der Waals surface area contributed by atoms with Gasteiger partial charge in [-0.25, -0.2) is 0 Å². The van der Waals surface area contributed by atoms with Crippen LogP contribution in [0.4, 0.5) is 5.69 Å². The summed E-state index contributed by atoms with van der Waals surface area (Å²) in [4.78, 5) is 0. The fraction of sp³-hybridized carbons (Fsp3) is 0.125. The topological polar surface area (TPSA) is 15.3 Å². The molecule has 1 aliphatic rings. The number of fused-ring (bicyclic) bond motifs is 1. The zero-order chi connectivity index (χ0) is 14.8. The lowest BCUT2D eigenvalue weighted by atomic mass is 9.96. The van der Waals surface area contributed by atoms with E-state index < -0.39 is 0 Å². The van der Waals surface area contributed by atoms with Crippen molar-refractivity contribution in [3.05, 3.63) is 69.7 Å². The van der Waals surface area contributed by atoms with E-state index in [4.69, 9.17) is 23.2 Å². The maximum atomic E-state index is 6.37. The smallest absolute Gasteiger partial charge is 0.0578 e. The molecule has 2 aromatic rings. The van der Waals surface area contributed by atoms with Crippen molar-refractivity contribution >= 4 is 46.4 Å². The molecule has 0 fully saturated rings. The molecule has 1 N–H and O–H groups in total. The van der Waals surface area contributed by atoms with E-state index in [1.807, 2.05) is 48.7 Å². The quantitative estimate of drug-likeness (QED) is 0.744. The monoisotopic (exact) mass is 336 g/mol. The molecular weight excluding hydrogens is 323 g/mol. The van der Waals surface area contributed by atoms with E-state index in [0.717, 1.165) is 34.0 Å². The SMILES string of the molecule is CSN1CC=C(c2ccccc2Cl)c2cc(Cl)ccc2N1. The number of rotatable bonds is 2. The fourth-order valence-electron chi connectivity index (χ4n) is 2.36. The van der Waals surface area contributed by atoms with Gasteiger partial charge in [0.1, 0.15) is 0 Å². The Morgan fingerprint density at radius 3 is 2.67 bits per heavy atom. The highest BCUT2D eigenvalue weighted by Crippen LogP contribution is 2.37. The minimum atomic E-state index is 0.714. The van der Waals surface area contributed by atoms with E-state index in [0.29, 0.717) is 5.02 Å². The number of hydrogen-bond donors (Lipinski definition) is 1. The predicted molar refractivity (Wildman–Crippen MR) is 93.8 cm³/mol. The second-order valence-corrected chi connectivity index (χ2v) is 6.29. The molecule has 0 saturated heterocycles. The largest absolute Gasteiger partial charge is 0.308 e. The van der Waals surface area contributed by atoms with Crippen LogP contribution in [0.2, 0.25) is 10.0 Å². The minimum absolute atomic E-state index is 0.714. The van der Waals surface area contributed by atoms with Gasteiger partial charge in [-0.1, -0.05) is 59.4 Å². The maximum absolute atomic E-state index is 6.37. The van der Waals surface area contributed by atoms with Gasteiger partial charge in [0.15, 0.2) is 0 Å².